The van der Waals surface area contributed by atoms with Crippen molar-refractivity contribution < 1.29 is 20.1 Å². The lowest BCUT2D eigenvalue weighted by molar-refractivity contribution is -0.148. The molecular formula is C12H17N3O6. The van der Waals surface area contributed by atoms with Gasteiger partial charge in [0.05, 0.1) is 6.61 Å². The molecule has 0 aromatic carbocycles. The number of aromatic amines is 1. The molecule has 1 fully saturated rings. The molecule has 0 radical (unpaired) electrons. The number of nitrogen functional groups attached to an aromatic ring is 1. The third kappa shape index (κ3) is 2.29. The first-order valence-electron chi connectivity index (χ1n) is 6.25. The van der Waals surface area contributed by atoms with Gasteiger partial charge in [-0.1, -0.05) is 6.08 Å². The van der Waals surface area contributed by atoms with E-state index in [-0.39, 0.29) is 12.1 Å². The van der Waals surface area contributed by atoms with Gasteiger partial charge in [0.15, 0.2) is 5.72 Å². The fourth-order valence-corrected chi connectivity index (χ4v) is 2.46. The van der Waals surface area contributed by atoms with Gasteiger partial charge >= 0.3 is 5.69 Å². The van der Waals surface area contributed by atoms with E-state index < -0.39 is 41.9 Å². The highest BCUT2D eigenvalue weighted by Crippen LogP contribution is 2.37. The normalized spacial score (nSPS) is 32.2. The van der Waals surface area contributed by atoms with Gasteiger partial charge in [0, 0.05) is 12.6 Å². The number of ether oxygens (including phenoxy) is 1. The number of anilines is 1. The van der Waals surface area contributed by atoms with Crippen LogP contribution in [0.4, 0.5) is 5.69 Å². The Bertz CT molecular complexity index is 653. The third-order valence-electron chi connectivity index (χ3n) is 3.52. The Morgan fingerprint density at radius 3 is 2.71 bits per heavy atom. The standard InChI is InChI=1S/C12H17N3O6/c1-2-3-12(9(18)8(17)7(5-16)21-12)15-4-6(13)10(19)14-11(15)20/h2,4,7-9,16-18H,1,3,5,13H2,(H,14,19,20)/t7-,8-,9-,12-/m1/s1. The second kappa shape index (κ2) is 5.45. The van der Waals surface area contributed by atoms with E-state index in [4.69, 9.17) is 10.5 Å². The van der Waals surface area contributed by atoms with E-state index in [1.54, 1.807) is 0 Å². The highest BCUT2D eigenvalue weighted by atomic mass is 16.6. The molecule has 0 aliphatic carbocycles. The molecule has 1 aliphatic rings. The summed E-state index contributed by atoms with van der Waals surface area (Å²) in [7, 11) is 0. The largest absolute Gasteiger partial charge is 0.394 e. The molecule has 4 atom stereocenters. The summed E-state index contributed by atoms with van der Waals surface area (Å²) in [6.07, 6.45) is -1.65. The van der Waals surface area contributed by atoms with Crippen LogP contribution in [0, 0.1) is 0 Å². The lowest BCUT2D eigenvalue weighted by Gasteiger charge is -2.33. The van der Waals surface area contributed by atoms with Gasteiger partial charge < -0.3 is 25.8 Å². The van der Waals surface area contributed by atoms with Crippen LogP contribution in [0.3, 0.4) is 0 Å². The lowest BCUT2D eigenvalue weighted by Crippen LogP contribution is -2.51. The summed E-state index contributed by atoms with van der Waals surface area (Å²) >= 11 is 0. The molecule has 9 heteroatoms. The number of hydrogen-bond acceptors (Lipinski definition) is 7. The number of nitrogens with one attached hydrogen (secondary N) is 1. The fourth-order valence-electron chi connectivity index (χ4n) is 2.46. The SMILES string of the molecule is C=CC[C@@]1(n2cc(N)c(=O)[nH]c2=O)O[C@H](CO)[C@@H](O)[C@H]1O. The third-order valence-corrected chi connectivity index (χ3v) is 3.52. The maximum Gasteiger partial charge on any atom is 0.330 e. The summed E-state index contributed by atoms with van der Waals surface area (Å²) in [5.74, 6) is 0. The Kier molecular flexibility index (Phi) is 4.01. The molecule has 2 heterocycles. The maximum atomic E-state index is 12.0. The maximum absolute atomic E-state index is 12.0. The van der Waals surface area contributed by atoms with Crippen LogP contribution in [0.25, 0.3) is 0 Å². The molecule has 6 N–H and O–H groups in total. The molecule has 1 saturated heterocycles. The van der Waals surface area contributed by atoms with Crippen molar-refractivity contribution in [3.8, 4) is 0 Å². The Hall–Kier alpha value is -1.94. The second-order valence-corrected chi connectivity index (χ2v) is 4.83. The predicted molar refractivity (Wildman–Crippen MR) is 72.5 cm³/mol. The molecule has 1 aromatic rings. The minimum Gasteiger partial charge on any atom is -0.394 e. The average molecular weight is 299 g/mol. The summed E-state index contributed by atoms with van der Waals surface area (Å²) < 4.78 is 6.39. The van der Waals surface area contributed by atoms with Gasteiger partial charge in [0.1, 0.15) is 24.0 Å². The molecule has 0 unspecified atom stereocenters. The van der Waals surface area contributed by atoms with Crippen molar-refractivity contribution in [1.29, 1.82) is 0 Å². The number of rotatable bonds is 4. The number of H-pyrrole nitrogens is 1. The topological polar surface area (TPSA) is 151 Å². The van der Waals surface area contributed by atoms with E-state index in [0.29, 0.717) is 0 Å². The first-order chi connectivity index (χ1) is 9.87. The van der Waals surface area contributed by atoms with Crippen molar-refractivity contribution >= 4 is 5.69 Å². The van der Waals surface area contributed by atoms with Gasteiger partial charge in [-0.2, -0.15) is 0 Å². The Morgan fingerprint density at radius 2 is 2.19 bits per heavy atom. The zero-order valence-electron chi connectivity index (χ0n) is 11.1. The Morgan fingerprint density at radius 1 is 1.52 bits per heavy atom. The molecule has 116 valence electrons. The van der Waals surface area contributed by atoms with Crippen LogP contribution in [0.15, 0.2) is 28.4 Å². The number of hydrogen-bond donors (Lipinski definition) is 5. The van der Waals surface area contributed by atoms with E-state index in [1.165, 1.54) is 6.08 Å². The smallest absolute Gasteiger partial charge is 0.330 e. The van der Waals surface area contributed by atoms with Crippen LogP contribution in [0.1, 0.15) is 6.42 Å². The van der Waals surface area contributed by atoms with E-state index in [1.807, 2.05) is 4.98 Å². The first-order valence-corrected chi connectivity index (χ1v) is 6.25. The molecule has 1 aliphatic heterocycles. The molecule has 2 rings (SSSR count). The van der Waals surface area contributed by atoms with Crippen LogP contribution in [-0.4, -0.2) is 49.8 Å². The first kappa shape index (κ1) is 15.4. The highest BCUT2D eigenvalue weighted by molar-refractivity contribution is 5.31. The number of aliphatic hydroxyl groups is 3. The Balaban J connectivity index is 2.64. The number of nitrogens with zero attached hydrogens (tertiary/aromatic N) is 1. The molecule has 0 spiro atoms. The van der Waals surface area contributed by atoms with Crippen molar-refractivity contribution in [2.75, 3.05) is 12.3 Å². The van der Waals surface area contributed by atoms with Gasteiger partial charge in [-0.25, -0.2) is 4.79 Å². The van der Waals surface area contributed by atoms with E-state index in [2.05, 4.69) is 6.58 Å². The van der Waals surface area contributed by atoms with E-state index >= 15 is 0 Å². The van der Waals surface area contributed by atoms with Gasteiger partial charge in [0.2, 0.25) is 0 Å². The molecule has 0 bridgehead atoms. The minimum atomic E-state index is -1.70. The molecular weight excluding hydrogens is 282 g/mol. The van der Waals surface area contributed by atoms with Gasteiger partial charge in [-0.3, -0.25) is 14.3 Å². The van der Waals surface area contributed by atoms with Crippen molar-refractivity contribution in [2.24, 2.45) is 0 Å². The zero-order valence-corrected chi connectivity index (χ0v) is 11.1. The quantitative estimate of drug-likeness (QED) is 0.384. The second-order valence-electron chi connectivity index (χ2n) is 4.83. The fraction of sp³-hybridized carbons (Fsp3) is 0.500. The van der Waals surface area contributed by atoms with Crippen LogP contribution < -0.4 is 17.0 Å². The van der Waals surface area contributed by atoms with E-state index in [9.17, 15) is 24.9 Å². The Labute approximate surface area is 118 Å². The van der Waals surface area contributed by atoms with Crippen LogP contribution in [-0.2, 0) is 10.5 Å². The number of nitrogens with two attached hydrogens (primary N) is 1. The average Bonchev–Trinajstić information content (AvgIpc) is 2.69. The van der Waals surface area contributed by atoms with Crippen molar-refractivity contribution in [1.82, 2.24) is 9.55 Å². The lowest BCUT2D eigenvalue weighted by atomic mass is 9.99. The van der Waals surface area contributed by atoms with Crippen LogP contribution in [0.5, 0.6) is 0 Å². The molecule has 21 heavy (non-hydrogen) atoms. The monoisotopic (exact) mass is 299 g/mol. The molecule has 0 saturated carbocycles. The molecule has 9 nitrogen and oxygen atoms in total. The molecule has 0 amide bonds. The van der Waals surface area contributed by atoms with Gasteiger partial charge in [-0.05, 0) is 0 Å². The minimum absolute atomic E-state index is 0.0485. The zero-order chi connectivity index (χ0) is 15.8. The summed E-state index contributed by atoms with van der Waals surface area (Å²) in [6, 6.07) is 0. The number of aliphatic hydroxyl groups excluding tert-OH is 3. The summed E-state index contributed by atoms with van der Waals surface area (Å²) in [5, 5.41) is 29.3. The van der Waals surface area contributed by atoms with Gasteiger partial charge in [-0.15, -0.1) is 6.58 Å². The molecule has 1 aromatic heterocycles. The van der Waals surface area contributed by atoms with Crippen molar-refractivity contribution in [2.45, 2.75) is 30.5 Å². The summed E-state index contributed by atoms with van der Waals surface area (Å²) in [6.45, 7) is 2.97. The number of aromatic nitrogens is 2. The van der Waals surface area contributed by atoms with Crippen LogP contribution in [0.2, 0.25) is 0 Å². The van der Waals surface area contributed by atoms with Crippen LogP contribution >= 0.6 is 0 Å². The van der Waals surface area contributed by atoms with Gasteiger partial charge in [0.25, 0.3) is 5.56 Å². The summed E-state index contributed by atoms with van der Waals surface area (Å²) in [5.41, 5.74) is 1.90. The highest BCUT2D eigenvalue weighted by Gasteiger charge is 2.55. The van der Waals surface area contributed by atoms with Crippen molar-refractivity contribution in [3.05, 3.63) is 39.7 Å². The summed E-state index contributed by atoms with van der Waals surface area (Å²) in [4.78, 5) is 25.3. The van der Waals surface area contributed by atoms with Crippen molar-refractivity contribution in [3.63, 3.8) is 0 Å². The van der Waals surface area contributed by atoms with E-state index in [0.717, 1.165) is 10.8 Å². The predicted octanol–water partition coefficient (Wildman–Crippen LogP) is -2.54.